The van der Waals surface area contributed by atoms with Gasteiger partial charge in [-0.3, -0.25) is 0 Å². The Bertz CT molecular complexity index is 329. The zero-order valence-electron chi connectivity index (χ0n) is 11.1. The van der Waals surface area contributed by atoms with Crippen LogP contribution < -0.4 is 10.2 Å². The van der Waals surface area contributed by atoms with Crippen LogP contribution in [0.15, 0.2) is 16.8 Å². The van der Waals surface area contributed by atoms with Crippen molar-refractivity contribution in [3.63, 3.8) is 0 Å². The van der Waals surface area contributed by atoms with Gasteiger partial charge in [0.1, 0.15) is 0 Å². The Balaban J connectivity index is 1.97. The summed E-state index contributed by atoms with van der Waals surface area (Å²) >= 11 is 1.76. The number of nitrogens with one attached hydrogen (secondary N) is 1. The number of anilines is 1. The Labute approximate surface area is 114 Å². The van der Waals surface area contributed by atoms with Gasteiger partial charge in [-0.2, -0.15) is 11.3 Å². The number of aliphatic hydroxyl groups excluding tert-OH is 1. The molecule has 4 heteroatoms. The lowest BCUT2D eigenvalue weighted by Crippen LogP contribution is -2.49. The van der Waals surface area contributed by atoms with Gasteiger partial charge in [0.2, 0.25) is 0 Å². The highest BCUT2D eigenvalue weighted by atomic mass is 32.1. The maximum atomic E-state index is 8.94. The van der Waals surface area contributed by atoms with E-state index in [0.29, 0.717) is 12.6 Å². The van der Waals surface area contributed by atoms with E-state index in [1.807, 2.05) is 0 Å². The van der Waals surface area contributed by atoms with E-state index in [0.717, 1.165) is 12.5 Å². The molecule has 0 bridgehead atoms. The minimum absolute atomic E-state index is 0.230. The molecule has 1 saturated heterocycles. The monoisotopic (exact) mass is 268 g/mol. The van der Waals surface area contributed by atoms with Gasteiger partial charge in [-0.15, -0.1) is 0 Å². The molecular weight excluding hydrogens is 244 g/mol. The van der Waals surface area contributed by atoms with E-state index in [1.54, 1.807) is 11.3 Å². The van der Waals surface area contributed by atoms with Crippen LogP contribution in [0, 0.1) is 5.92 Å². The van der Waals surface area contributed by atoms with Crippen molar-refractivity contribution < 1.29 is 5.11 Å². The molecule has 0 amide bonds. The van der Waals surface area contributed by atoms with Crippen LogP contribution in [0.1, 0.15) is 26.2 Å². The van der Waals surface area contributed by atoms with Gasteiger partial charge in [-0.25, -0.2) is 0 Å². The van der Waals surface area contributed by atoms with Gasteiger partial charge in [0, 0.05) is 36.7 Å². The molecule has 1 aromatic heterocycles. The molecule has 2 N–H and O–H groups in total. The first-order valence-electron chi connectivity index (χ1n) is 6.94. The first kappa shape index (κ1) is 13.8. The molecule has 0 aromatic carbocycles. The highest BCUT2D eigenvalue weighted by molar-refractivity contribution is 7.08. The highest BCUT2D eigenvalue weighted by Gasteiger charge is 2.26. The summed E-state index contributed by atoms with van der Waals surface area (Å²) in [6, 6.07) is 2.73. The van der Waals surface area contributed by atoms with Crippen LogP contribution in [0.3, 0.4) is 0 Å². The highest BCUT2D eigenvalue weighted by Crippen LogP contribution is 2.27. The van der Waals surface area contributed by atoms with E-state index >= 15 is 0 Å². The number of rotatable bonds is 6. The number of hydrogen-bond donors (Lipinski definition) is 2. The topological polar surface area (TPSA) is 35.5 Å². The molecule has 1 aliphatic rings. The quantitative estimate of drug-likeness (QED) is 0.831. The Hall–Kier alpha value is -0.580. The fourth-order valence-corrected chi connectivity index (χ4v) is 3.55. The van der Waals surface area contributed by atoms with Crippen molar-refractivity contribution in [2.45, 2.75) is 32.2 Å². The van der Waals surface area contributed by atoms with Crippen molar-refractivity contribution in [1.29, 1.82) is 0 Å². The van der Waals surface area contributed by atoms with Gasteiger partial charge in [0.15, 0.2) is 0 Å². The number of aliphatic hydroxyl groups is 1. The zero-order valence-corrected chi connectivity index (χ0v) is 12.0. The van der Waals surface area contributed by atoms with Gasteiger partial charge >= 0.3 is 0 Å². The second-order valence-electron chi connectivity index (χ2n) is 5.15. The number of hydrogen-bond acceptors (Lipinski definition) is 4. The molecule has 2 unspecified atom stereocenters. The predicted molar refractivity (Wildman–Crippen MR) is 78.4 cm³/mol. The minimum atomic E-state index is 0.230. The maximum Gasteiger partial charge on any atom is 0.0556 e. The molecule has 2 rings (SSSR count). The van der Waals surface area contributed by atoms with E-state index in [9.17, 15) is 0 Å². The SMILES string of the molecule is CCCC1CC(NCCO)CN(c2ccsc2)C1. The Morgan fingerprint density at radius 1 is 1.50 bits per heavy atom. The van der Waals surface area contributed by atoms with Crippen LogP contribution in [0.4, 0.5) is 5.69 Å². The molecule has 0 radical (unpaired) electrons. The Morgan fingerprint density at radius 3 is 3.06 bits per heavy atom. The molecule has 0 aliphatic carbocycles. The second kappa shape index (κ2) is 7.12. The van der Waals surface area contributed by atoms with Crippen LogP contribution in [-0.4, -0.2) is 37.4 Å². The average molecular weight is 268 g/mol. The average Bonchev–Trinajstić information content (AvgIpc) is 2.90. The summed E-state index contributed by atoms with van der Waals surface area (Å²) in [5.41, 5.74) is 1.36. The van der Waals surface area contributed by atoms with Gasteiger partial charge in [0.25, 0.3) is 0 Å². The summed E-state index contributed by atoms with van der Waals surface area (Å²) in [5.74, 6) is 0.778. The fourth-order valence-electron chi connectivity index (χ4n) is 2.89. The lowest BCUT2D eigenvalue weighted by molar-refractivity contribution is 0.263. The van der Waals surface area contributed by atoms with Gasteiger partial charge < -0.3 is 15.3 Å². The zero-order chi connectivity index (χ0) is 12.8. The van der Waals surface area contributed by atoms with Crippen molar-refractivity contribution >= 4 is 17.0 Å². The molecule has 102 valence electrons. The van der Waals surface area contributed by atoms with Gasteiger partial charge in [-0.1, -0.05) is 13.3 Å². The van der Waals surface area contributed by atoms with Crippen molar-refractivity contribution in [1.82, 2.24) is 5.32 Å². The molecule has 1 fully saturated rings. The van der Waals surface area contributed by atoms with E-state index in [4.69, 9.17) is 5.11 Å². The third-order valence-electron chi connectivity index (χ3n) is 3.65. The summed E-state index contributed by atoms with van der Waals surface area (Å²) in [6.45, 7) is 5.45. The van der Waals surface area contributed by atoms with Crippen LogP contribution >= 0.6 is 11.3 Å². The number of nitrogens with zero attached hydrogens (tertiary/aromatic N) is 1. The molecular formula is C14H24N2OS. The van der Waals surface area contributed by atoms with Crippen LogP contribution in [0.25, 0.3) is 0 Å². The standard InChI is InChI=1S/C14H24N2OS/c1-2-3-12-8-13(15-5-6-17)10-16(9-12)14-4-7-18-11-14/h4,7,11-13,15,17H,2-3,5-6,8-10H2,1H3. The molecule has 1 aliphatic heterocycles. The first-order valence-corrected chi connectivity index (χ1v) is 7.89. The molecule has 0 saturated carbocycles. The number of piperidine rings is 1. The molecule has 3 nitrogen and oxygen atoms in total. The van der Waals surface area contributed by atoms with Gasteiger partial charge in [0.05, 0.1) is 6.61 Å². The fraction of sp³-hybridized carbons (Fsp3) is 0.714. The number of thiophene rings is 1. The predicted octanol–water partition coefficient (Wildman–Crippen LogP) is 2.33. The summed E-state index contributed by atoms with van der Waals surface area (Å²) in [6.07, 6.45) is 3.81. The van der Waals surface area contributed by atoms with E-state index in [-0.39, 0.29) is 6.61 Å². The van der Waals surface area contributed by atoms with E-state index < -0.39 is 0 Å². The minimum Gasteiger partial charge on any atom is -0.395 e. The second-order valence-corrected chi connectivity index (χ2v) is 5.93. The van der Waals surface area contributed by atoms with E-state index in [2.05, 4.69) is 34.0 Å². The van der Waals surface area contributed by atoms with Crippen LogP contribution in [0.2, 0.25) is 0 Å². The van der Waals surface area contributed by atoms with Crippen molar-refractivity contribution in [2.75, 3.05) is 31.1 Å². The molecule has 2 atom stereocenters. The normalized spacial score (nSPS) is 24.4. The summed E-state index contributed by atoms with van der Waals surface area (Å²) in [7, 11) is 0. The summed E-state index contributed by atoms with van der Waals surface area (Å²) in [4.78, 5) is 2.50. The summed E-state index contributed by atoms with van der Waals surface area (Å²) in [5, 5.41) is 16.8. The Kier molecular flexibility index (Phi) is 5.47. The third kappa shape index (κ3) is 3.70. The van der Waals surface area contributed by atoms with Crippen molar-refractivity contribution in [3.8, 4) is 0 Å². The smallest absolute Gasteiger partial charge is 0.0556 e. The first-order chi connectivity index (χ1) is 8.83. The van der Waals surface area contributed by atoms with E-state index in [1.165, 1.54) is 31.5 Å². The lowest BCUT2D eigenvalue weighted by atomic mass is 9.90. The largest absolute Gasteiger partial charge is 0.395 e. The maximum absolute atomic E-state index is 8.94. The lowest BCUT2D eigenvalue weighted by Gasteiger charge is -2.39. The van der Waals surface area contributed by atoms with Crippen LogP contribution in [0.5, 0.6) is 0 Å². The van der Waals surface area contributed by atoms with Crippen molar-refractivity contribution in [3.05, 3.63) is 16.8 Å². The Morgan fingerprint density at radius 2 is 2.39 bits per heavy atom. The van der Waals surface area contributed by atoms with Crippen molar-refractivity contribution in [2.24, 2.45) is 5.92 Å². The molecule has 0 spiro atoms. The summed E-state index contributed by atoms with van der Waals surface area (Å²) < 4.78 is 0. The molecule has 2 heterocycles. The third-order valence-corrected chi connectivity index (χ3v) is 4.32. The van der Waals surface area contributed by atoms with Gasteiger partial charge in [-0.05, 0) is 30.2 Å². The molecule has 1 aromatic rings. The van der Waals surface area contributed by atoms with Crippen LogP contribution in [-0.2, 0) is 0 Å². The molecule has 18 heavy (non-hydrogen) atoms.